The molecule has 2 rings (SSSR count). The summed E-state index contributed by atoms with van der Waals surface area (Å²) >= 11 is 0. The van der Waals surface area contributed by atoms with Crippen molar-refractivity contribution in [1.82, 2.24) is 5.32 Å². The first kappa shape index (κ1) is 20.0. The molecule has 1 fully saturated rings. The molecule has 0 aromatic heterocycles. The first-order chi connectivity index (χ1) is 12.0. The number of ether oxygens (including phenoxy) is 1. The van der Waals surface area contributed by atoms with Gasteiger partial charge in [-0.15, -0.1) is 0 Å². The Hall–Kier alpha value is -2.28. The normalized spacial score (nSPS) is 23.5. The molecular formula is C16H14F6N2O2. The fraction of sp³-hybridized carbons (Fsp3) is 0.500. The van der Waals surface area contributed by atoms with Crippen molar-refractivity contribution in [3.8, 4) is 6.07 Å². The number of nitrogens with zero attached hydrogens (tertiary/aromatic N) is 1. The molecule has 10 heteroatoms. The molecule has 1 N–H and O–H groups in total. The van der Waals surface area contributed by atoms with Crippen LogP contribution in [0.15, 0.2) is 18.2 Å². The van der Waals surface area contributed by atoms with Crippen LogP contribution in [0, 0.1) is 11.3 Å². The van der Waals surface area contributed by atoms with E-state index < -0.39 is 47.5 Å². The third kappa shape index (κ3) is 4.09. The number of hydrogen-bond acceptors (Lipinski definition) is 4. The Balaban J connectivity index is 2.44. The fourth-order valence-corrected chi connectivity index (χ4v) is 2.97. The average Bonchev–Trinajstić information content (AvgIpc) is 2.99. The van der Waals surface area contributed by atoms with Crippen LogP contribution in [0.25, 0.3) is 0 Å². The van der Waals surface area contributed by atoms with E-state index in [4.69, 9.17) is 10.00 Å². The van der Waals surface area contributed by atoms with Crippen molar-refractivity contribution in [3.05, 3.63) is 34.9 Å². The van der Waals surface area contributed by atoms with Gasteiger partial charge in [-0.25, -0.2) is 0 Å². The van der Waals surface area contributed by atoms with Crippen LogP contribution in [0.3, 0.4) is 0 Å². The quantitative estimate of drug-likeness (QED) is 0.644. The van der Waals surface area contributed by atoms with Gasteiger partial charge in [0.1, 0.15) is 12.1 Å². The van der Waals surface area contributed by atoms with Gasteiger partial charge in [0.15, 0.2) is 0 Å². The second kappa shape index (κ2) is 7.15. The molecule has 26 heavy (non-hydrogen) atoms. The lowest BCUT2D eigenvalue weighted by Crippen LogP contribution is -2.45. The SMILES string of the molecule is CCOC(=O)[C@@H]1CC(c2ccc(C#N)c(C(F)(F)F)c2)[C@H](C(F)(F)F)N1. The Morgan fingerprint density at radius 3 is 2.46 bits per heavy atom. The molecule has 4 nitrogen and oxygen atoms in total. The zero-order valence-corrected chi connectivity index (χ0v) is 13.4. The first-order valence-electron chi connectivity index (χ1n) is 7.59. The topological polar surface area (TPSA) is 62.1 Å². The van der Waals surface area contributed by atoms with E-state index in [1.807, 2.05) is 0 Å². The van der Waals surface area contributed by atoms with E-state index >= 15 is 0 Å². The summed E-state index contributed by atoms with van der Waals surface area (Å²) in [5, 5.41) is 10.9. The van der Waals surface area contributed by atoms with Crippen molar-refractivity contribution in [2.24, 2.45) is 0 Å². The number of esters is 1. The lowest BCUT2D eigenvalue weighted by atomic mass is 9.88. The summed E-state index contributed by atoms with van der Waals surface area (Å²) in [5.41, 5.74) is -2.24. The van der Waals surface area contributed by atoms with Gasteiger partial charge in [0, 0.05) is 5.92 Å². The number of nitriles is 1. The number of carbonyl (C=O) groups excluding carboxylic acids is 1. The second-order valence-corrected chi connectivity index (χ2v) is 5.75. The van der Waals surface area contributed by atoms with Gasteiger partial charge in [-0.05, 0) is 31.0 Å². The molecule has 0 radical (unpaired) electrons. The highest BCUT2D eigenvalue weighted by Gasteiger charge is 2.52. The summed E-state index contributed by atoms with van der Waals surface area (Å²) in [5.74, 6) is -2.31. The maximum atomic E-state index is 13.3. The van der Waals surface area contributed by atoms with Gasteiger partial charge < -0.3 is 4.74 Å². The van der Waals surface area contributed by atoms with Gasteiger partial charge in [-0.3, -0.25) is 10.1 Å². The highest BCUT2D eigenvalue weighted by Crippen LogP contribution is 2.42. The van der Waals surface area contributed by atoms with Crippen LogP contribution in [0.2, 0.25) is 0 Å². The van der Waals surface area contributed by atoms with Gasteiger partial charge in [0.05, 0.1) is 23.8 Å². The van der Waals surface area contributed by atoms with Crippen LogP contribution >= 0.6 is 0 Å². The van der Waals surface area contributed by atoms with Crippen LogP contribution in [0.1, 0.15) is 36.0 Å². The Morgan fingerprint density at radius 2 is 1.96 bits per heavy atom. The molecule has 0 saturated carbocycles. The number of halogens is 6. The maximum absolute atomic E-state index is 13.3. The predicted molar refractivity (Wildman–Crippen MR) is 76.9 cm³/mol. The van der Waals surface area contributed by atoms with Gasteiger partial charge in [0.2, 0.25) is 0 Å². The van der Waals surface area contributed by atoms with Crippen LogP contribution in [-0.2, 0) is 15.7 Å². The van der Waals surface area contributed by atoms with Crippen molar-refractivity contribution in [2.45, 2.75) is 43.7 Å². The molecule has 1 aromatic rings. The van der Waals surface area contributed by atoms with Crippen LogP contribution < -0.4 is 5.32 Å². The molecule has 1 heterocycles. The molecule has 3 atom stereocenters. The standard InChI is InChI=1S/C16H14F6N2O2/c1-2-26-14(25)12-6-10(13(24-12)16(20,21)22)8-3-4-9(7-23)11(5-8)15(17,18)19/h3-5,10,12-13,24H,2,6H2,1H3/t10?,12-,13+/m0/s1. The Morgan fingerprint density at radius 1 is 1.31 bits per heavy atom. The Kier molecular flexibility index (Phi) is 5.51. The van der Waals surface area contributed by atoms with E-state index in [1.54, 1.807) is 0 Å². The van der Waals surface area contributed by atoms with E-state index in [-0.39, 0.29) is 18.6 Å². The molecule has 1 aromatic carbocycles. The van der Waals surface area contributed by atoms with Crippen molar-refractivity contribution in [1.29, 1.82) is 5.26 Å². The monoisotopic (exact) mass is 380 g/mol. The van der Waals surface area contributed by atoms with E-state index in [0.717, 1.165) is 12.1 Å². The van der Waals surface area contributed by atoms with E-state index in [1.165, 1.54) is 13.0 Å². The van der Waals surface area contributed by atoms with Gasteiger partial charge in [-0.1, -0.05) is 6.07 Å². The molecule has 1 aliphatic rings. The lowest BCUT2D eigenvalue weighted by Gasteiger charge is -2.23. The summed E-state index contributed by atoms with van der Waals surface area (Å²) in [6.07, 6.45) is -10.0. The summed E-state index contributed by atoms with van der Waals surface area (Å²) in [4.78, 5) is 11.7. The number of hydrogen-bond donors (Lipinski definition) is 1. The molecule has 1 unspecified atom stereocenters. The zero-order chi connectivity index (χ0) is 19.7. The number of alkyl halides is 6. The van der Waals surface area contributed by atoms with Crippen LogP contribution in [0.5, 0.6) is 0 Å². The second-order valence-electron chi connectivity index (χ2n) is 5.75. The smallest absolute Gasteiger partial charge is 0.417 e. The number of benzene rings is 1. The minimum Gasteiger partial charge on any atom is -0.465 e. The summed E-state index contributed by atoms with van der Waals surface area (Å²) < 4.78 is 83.9. The maximum Gasteiger partial charge on any atom is 0.417 e. The minimum absolute atomic E-state index is 0.0343. The molecule has 1 saturated heterocycles. The van der Waals surface area contributed by atoms with E-state index in [9.17, 15) is 31.1 Å². The van der Waals surface area contributed by atoms with E-state index in [0.29, 0.717) is 6.07 Å². The van der Waals surface area contributed by atoms with Gasteiger partial charge in [-0.2, -0.15) is 31.6 Å². The highest BCUT2D eigenvalue weighted by atomic mass is 19.4. The molecule has 0 spiro atoms. The summed E-state index contributed by atoms with van der Waals surface area (Å²) in [6, 6.07) is 0.313. The molecule has 0 aliphatic carbocycles. The average molecular weight is 380 g/mol. The number of nitrogens with one attached hydrogen (secondary N) is 1. The van der Waals surface area contributed by atoms with Crippen molar-refractivity contribution >= 4 is 5.97 Å². The third-order valence-electron chi connectivity index (χ3n) is 4.09. The number of rotatable bonds is 3. The third-order valence-corrected chi connectivity index (χ3v) is 4.09. The lowest BCUT2D eigenvalue weighted by molar-refractivity contribution is -0.158. The van der Waals surface area contributed by atoms with Crippen molar-refractivity contribution in [3.63, 3.8) is 0 Å². The first-order valence-corrected chi connectivity index (χ1v) is 7.59. The van der Waals surface area contributed by atoms with E-state index in [2.05, 4.69) is 5.32 Å². The fourth-order valence-electron chi connectivity index (χ4n) is 2.97. The van der Waals surface area contributed by atoms with Gasteiger partial charge in [0.25, 0.3) is 0 Å². The van der Waals surface area contributed by atoms with Gasteiger partial charge >= 0.3 is 18.3 Å². The molecular weight excluding hydrogens is 366 g/mol. The highest BCUT2D eigenvalue weighted by molar-refractivity contribution is 5.76. The summed E-state index contributed by atoms with van der Waals surface area (Å²) in [7, 11) is 0. The Bertz CT molecular complexity index is 723. The predicted octanol–water partition coefficient (Wildman–Crippen LogP) is 3.52. The number of carbonyl (C=O) groups is 1. The van der Waals surface area contributed by atoms with Crippen molar-refractivity contribution < 1.29 is 35.9 Å². The molecule has 1 aliphatic heterocycles. The van der Waals surface area contributed by atoms with Crippen LogP contribution in [-0.4, -0.2) is 30.8 Å². The largest absolute Gasteiger partial charge is 0.465 e. The van der Waals surface area contributed by atoms with Crippen molar-refractivity contribution in [2.75, 3.05) is 6.61 Å². The zero-order valence-electron chi connectivity index (χ0n) is 13.4. The van der Waals surface area contributed by atoms with Crippen LogP contribution in [0.4, 0.5) is 26.3 Å². The molecule has 0 bridgehead atoms. The molecule has 142 valence electrons. The minimum atomic E-state index is -4.89. The summed E-state index contributed by atoms with van der Waals surface area (Å²) in [6.45, 7) is 1.45. The Labute approximate surface area is 144 Å². The molecule has 0 amide bonds.